The van der Waals surface area contributed by atoms with Crippen molar-refractivity contribution in [3.05, 3.63) is 71.8 Å². The summed E-state index contributed by atoms with van der Waals surface area (Å²) in [6, 6.07) is 17.6. The maximum absolute atomic E-state index is 13.4. The normalized spacial score (nSPS) is 16.2. The zero-order valence-corrected chi connectivity index (χ0v) is 22.2. The van der Waals surface area contributed by atoms with Gasteiger partial charge in [-0.1, -0.05) is 74.5 Å². The number of nitrogens with zero attached hydrogens (tertiary/aromatic N) is 1. The van der Waals surface area contributed by atoms with E-state index >= 15 is 0 Å². The summed E-state index contributed by atoms with van der Waals surface area (Å²) in [5.74, 6) is -0.654. The van der Waals surface area contributed by atoms with E-state index in [0.717, 1.165) is 11.1 Å². The quantitative estimate of drug-likeness (QED) is 0.365. The molecule has 1 heterocycles. The van der Waals surface area contributed by atoms with Gasteiger partial charge in [0.15, 0.2) is 6.04 Å². The lowest BCUT2D eigenvalue weighted by Crippen LogP contribution is -2.49. The average molecular weight is 524 g/mol. The van der Waals surface area contributed by atoms with Gasteiger partial charge in [0.1, 0.15) is 13.2 Å². The molecule has 0 radical (unpaired) electrons. The lowest BCUT2D eigenvalue weighted by atomic mass is 10.00. The van der Waals surface area contributed by atoms with Crippen LogP contribution in [-0.2, 0) is 36.8 Å². The van der Waals surface area contributed by atoms with Gasteiger partial charge in [-0.3, -0.25) is 4.79 Å². The second-order valence-corrected chi connectivity index (χ2v) is 9.67. The van der Waals surface area contributed by atoms with Gasteiger partial charge in [-0.15, -0.1) is 0 Å². The van der Waals surface area contributed by atoms with E-state index in [0.29, 0.717) is 31.7 Å². The zero-order chi connectivity index (χ0) is 27.3. The molecular formula is C29H37N3O6. The van der Waals surface area contributed by atoms with Gasteiger partial charge in [-0.25, -0.2) is 14.6 Å². The molecule has 3 atom stereocenters. The molecule has 2 N–H and O–H groups in total. The number of rotatable bonds is 14. The number of hydrogen-bond acceptors (Lipinski definition) is 8. The molecule has 0 saturated heterocycles. The van der Waals surface area contributed by atoms with Crippen LogP contribution >= 0.6 is 0 Å². The number of Topliss-reactive ketones (excluding diaryl/α,β-unsaturated/α-hetero) is 1. The largest absolute Gasteiger partial charge is 0.472 e. The van der Waals surface area contributed by atoms with Crippen molar-refractivity contribution in [3.8, 4) is 0 Å². The molecule has 0 spiro atoms. The summed E-state index contributed by atoms with van der Waals surface area (Å²) in [6.07, 6.45) is 1.31. The molecule has 2 aromatic carbocycles. The smallest absolute Gasteiger partial charge is 0.407 e. The number of carbonyl (C=O) groups excluding carboxylic acids is 3. The molecule has 3 rings (SSSR count). The Morgan fingerprint density at radius 2 is 1.68 bits per heavy atom. The standard InChI is InChI=1S/C29H37N3O6/c1-20(2)16-23(31-29(35)38-18-22-12-8-5-9-13-22)17-30-24(15-14-21-10-6-4-7-11-21)26(33)27-32-25(19-37-27)28(34)36-3/h4-13,20,23-25,30H,14-19H2,1-3H3,(H,31,35). The minimum Gasteiger partial charge on any atom is -0.472 e. The van der Waals surface area contributed by atoms with Crippen LogP contribution in [0.3, 0.4) is 0 Å². The Morgan fingerprint density at radius 1 is 1.03 bits per heavy atom. The maximum Gasteiger partial charge on any atom is 0.407 e. The van der Waals surface area contributed by atoms with Crippen molar-refractivity contribution in [2.24, 2.45) is 10.9 Å². The highest BCUT2D eigenvalue weighted by atomic mass is 16.5. The number of hydrogen-bond donors (Lipinski definition) is 2. The van der Waals surface area contributed by atoms with E-state index in [-0.39, 0.29) is 30.9 Å². The first-order chi connectivity index (χ1) is 18.4. The van der Waals surface area contributed by atoms with Crippen LogP contribution in [0.15, 0.2) is 65.7 Å². The van der Waals surface area contributed by atoms with Crippen LogP contribution in [0.4, 0.5) is 4.79 Å². The number of benzene rings is 2. The van der Waals surface area contributed by atoms with Gasteiger partial charge >= 0.3 is 12.1 Å². The molecule has 9 nitrogen and oxygen atoms in total. The molecular weight excluding hydrogens is 486 g/mol. The SMILES string of the molecule is COC(=O)C1COC(C(=O)C(CCc2ccccc2)NCC(CC(C)C)NC(=O)OCc2ccccc2)=N1. The Morgan fingerprint density at radius 3 is 2.32 bits per heavy atom. The molecule has 0 aromatic heterocycles. The van der Waals surface area contributed by atoms with Gasteiger partial charge in [0.25, 0.3) is 5.90 Å². The number of esters is 1. The molecule has 3 unspecified atom stereocenters. The lowest BCUT2D eigenvalue weighted by molar-refractivity contribution is -0.142. The fourth-order valence-corrected chi connectivity index (χ4v) is 4.17. The van der Waals surface area contributed by atoms with Crippen molar-refractivity contribution < 1.29 is 28.6 Å². The van der Waals surface area contributed by atoms with Gasteiger partial charge in [0, 0.05) is 12.6 Å². The predicted molar refractivity (Wildman–Crippen MR) is 144 cm³/mol. The molecule has 2 aromatic rings. The summed E-state index contributed by atoms with van der Waals surface area (Å²) in [4.78, 5) is 41.9. The van der Waals surface area contributed by atoms with Gasteiger partial charge in [-0.2, -0.15) is 0 Å². The molecule has 0 saturated carbocycles. The van der Waals surface area contributed by atoms with E-state index in [4.69, 9.17) is 14.2 Å². The summed E-state index contributed by atoms with van der Waals surface area (Å²) in [5.41, 5.74) is 1.99. The van der Waals surface area contributed by atoms with Crippen molar-refractivity contribution in [2.75, 3.05) is 20.3 Å². The first kappa shape index (κ1) is 28.8. The molecule has 1 aliphatic heterocycles. The summed E-state index contributed by atoms with van der Waals surface area (Å²) >= 11 is 0. The fraction of sp³-hybridized carbons (Fsp3) is 0.448. The Balaban J connectivity index is 1.65. The van der Waals surface area contributed by atoms with Crippen LogP contribution in [0.1, 0.15) is 37.8 Å². The number of alkyl carbamates (subject to hydrolysis) is 1. The number of amides is 1. The third-order valence-electron chi connectivity index (χ3n) is 6.12. The Labute approximate surface area is 224 Å². The number of aryl methyl sites for hydroxylation is 1. The van der Waals surface area contributed by atoms with Gasteiger partial charge in [0.2, 0.25) is 5.78 Å². The third-order valence-corrected chi connectivity index (χ3v) is 6.12. The summed E-state index contributed by atoms with van der Waals surface area (Å²) in [5, 5.41) is 6.24. The molecule has 1 aliphatic rings. The van der Waals surface area contributed by atoms with E-state index in [1.807, 2.05) is 60.7 Å². The molecule has 204 valence electrons. The monoisotopic (exact) mass is 523 g/mol. The topological polar surface area (TPSA) is 115 Å². The number of ketones is 1. The van der Waals surface area contributed by atoms with Crippen LogP contribution in [0.2, 0.25) is 0 Å². The second-order valence-electron chi connectivity index (χ2n) is 9.67. The first-order valence-corrected chi connectivity index (χ1v) is 12.9. The van der Waals surface area contributed by atoms with Crippen LogP contribution in [0.5, 0.6) is 0 Å². The first-order valence-electron chi connectivity index (χ1n) is 12.9. The average Bonchev–Trinajstić information content (AvgIpc) is 3.42. The number of methoxy groups -OCH3 is 1. The zero-order valence-electron chi connectivity index (χ0n) is 22.2. The fourth-order valence-electron chi connectivity index (χ4n) is 4.17. The number of carbonyl (C=O) groups is 3. The Hall–Kier alpha value is -3.72. The van der Waals surface area contributed by atoms with Crippen molar-refractivity contribution in [1.82, 2.24) is 10.6 Å². The molecule has 0 fully saturated rings. The summed E-state index contributed by atoms with van der Waals surface area (Å²) in [7, 11) is 1.27. The molecule has 38 heavy (non-hydrogen) atoms. The predicted octanol–water partition coefficient (Wildman–Crippen LogP) is 3.46. The summed E-state index contributed by atoms with van der Waals surface area (Å²) < 4.78 is 15.6. The highest BCUT2D eigenvalue weighted by Gasteiger charge is 2.33. The van der Waals surface area contributed by atoms with Crippen LogP contribution in [-0.4, -0.2) is 62.1 Å². The van der Waals surface area contributed by atoms with E-state index < -0.39 is 24.1 Å². The maximum atomic E-state index is 13.4. The van der Waals surface area contributed by atoms with E-state index in [1.165, 1.54) is 7.11 Å². The van der Waals surface area contributed by atoms with Crippen molar-refractivity contribution in [2.45, 2.75) is 57.8 Å². The van der Waals surface area contributed by atoms with Crippen LogP contribution in [0, 0.1) is 5.92 Å². The van der Waals surface area contributed by atoms with E-state index in [2.05, 4.69) is 29.5 Å². The van der Waals surface area contributed by atoms with Gasteiger partial charge in [-0.05, 0) is 36.3 Å². The Bertz CT molecular complexity index is 1070. The minimum absolute atomic E-state index is 0.0239. The number of ether oxygens (including phenoxy) is 3. The van der Waals surface area contributed by atoms with Gasteiger partial charge < -0.3 is 24.8 Å². The molecule has 0 aliphatic carbocycles. The minimum atomic E-state index is -0.844. The van der Waals surface area contributed by atoms with E-state index in [1.54, 1.807) is 0 Å². The highest BCUT2D eigenvalue weighted by Crippen LogP contribution is 2.13. The van der Waals surface area contributed by atoms with Crippen LogP contribution < -0.4 is 10.6 Å². The van der Waals surface area contributed by atoms with Crippen LogP contribution in [0.25, 0.3) is 0 Å². The lowest BCUT2D eigenvalue weighted by Gasteiger charge is -2.24. The molecule has 1 amide bonds. The third kappa shape index (κ3) is 9.30. The van der Waals surface area contributed by atoms with Crippen molar-refractivity contribution >= 4 is 23.7 Å². The van der Waals surface area contributed by atoms with Gasteiger partial charge in [0.05, 0.1) is 13.2 Å². The molecule has 9 heteroatoms. The van der Waals surface area contributed by atoms with Crippen molar-refractivity contribution in [3.63, 3.8) is 0 Å². The number of aliphatic imine (C=N–C) groups is 1. The van der Waals surface area contributed by atoms with Crippen molar-refractivity contribution in [1.29, 1.82) is 0 Å². The van der Waals surface area contributed by atoms with E-state index in [9.17, 15) is 14.4 Å². The summed E-state index contributed by atoms with van der Waals surface area (Å²) in [6.45, 7) is 4.62. The Kier molecular flexibility index (Phi) is 11.3. The highest BCUT2D eigenvalue weighted by molar-refractivity contribution is 6.38. The molecule has 0 bridgehead atoms. The number of nitrogens with one attached hydrogen (secondary N) is 2. The second kappa shape index (κ2) is 14.9.